The summed E-state index contributed by atoms with van der Waals surface area (Å²) < 4.78 is 11.1. The van der Waals surface area contributed by atoms with Crippen LogP contribution in [0.5, 0.6) is 0 Å². The predicted molar refractivity (Wildman–Crippen MR) is 67.5 cm³/mol. The predicted octanol–water partition coefficient (Wildman–Crippen LogP) is 0.210. The Bertz CT molecular complexity index is 364. The molecule has 7 heteroatoms. The van der Waals surface area contributed by atoms with Crippen LogP contribution in [0.3, 0.4) is 0 Å². The zero-order valence-corrected chi connectivity index (χ0v) is 10.3. The van der Waals surface area contributed by atoms with Gasteiger partial charge in [-0.15, -0.1) is 0 Å². The van der Waals surface area contributed by atoms with E-state index in [1.165, 1.54) is 0 Å². The van der Waals surface area contributed by atoms with E-state index in [2.05, 4.69) is 15.3 Å². The van der Waals surface area contributed by atoms with Gasteiger partial charge in [0.1, 0.15) is 11.6 Å². The molecule has 1 rings (SSSR count). The molecule has 90 valence electrons. The van der Waals surface area contributed by atoms with Crippen molar-refractivity contribution < 1.29 is 4.21 Å². The number of nitrogens with two attached hydrogens (primary N) is 2. The average molecular weight is 243 g/mol. The van der Waals surface area contributed by atoms with Crippen LogP contribution in [0.4, 0.5) is 17.6 Å². The summed E-state index contributed by atoms with van der Waals surface area (Å²) in [6.07, 6.45) is 2.50. The van der Waals surface area contributed by atoms with Gasteiger partial charge in [-0.25, -0.2) is 0 Å². The van der Waals surface area contributed by atoms with E-state index in [0.717, 1.165) is 6.42 Å². The first-order valence-electron chi connectivity index (χ1n) is 4.95. The highest BCUT2D eigenvalue weighted by Gasteiger charge is 2.06. The lowest BCUT2D eigenvalue weighted by Crippen LogP contribution is -2.15. The molecular weight excluding hydrogens is 226 g/mol. The van der Waals surface area contributed by atoms with Crippen molar-refractivity contribution in [2.24, 2.45) is 0 Å². The van der Waals surface area contributed by atoms with Gasteiger partial charge in [0.2, 0.25) is 5.95 Å². The molecular formula is C9H17N5OS. The number of nitrogens with zero attached hydrogens (tertiary/aromatic N) is 2. The van der Waals surface area contributed by atoms with Gasteiger partial charge in [-0.1, -0.05) is 6.92 Å². The first-order chi connectivity index (χ1) is 7.49. The van der Waals surface area contributed by atoms with E-state index >= 15 is 0 Å². The van der Waals surface area contributed by atoms with Crippen molar-refractivity contribution in [2.75, 3.05) is 29.6 Å². The summed E-state index contributed by atoms with van der Waals surface area (Å²) in [6.45, 7) is 2.62. The van der Waals surface area contributed by atoms with Gasteiger partial charge < -0.3 is 16.8 Å². The summed E-state index contributed by atoms with van der Waals surface area (Å²) in [5, 5.41) is 3.22. The molecule has 0 saturated heterocycles. The molecule has 0 spiro atoms. The van der Waals surface area contributed by atoms with Gasteiger partial charge in [-0.2, -0.15) is 9.97 Å². The van der Waals surface area contributed by atoms with Crippen LogP contribution in [0, 0.1) is 0 Å². The maximum atomic E-state index is 11.1. The fourth-order valence-electron chi connectivity index (χ4n) is 1.15. The van der Waals surface area contributed by atoms with Crippen molar-refractivity contribution in [1.82, 2.24) is 9.97 Å². The van der Waals surface area contributed by atoms with Crippen LogP contribution in [0.2, 0.25) is 0 Å². The topological polar surface area (TPSA) is 107 Å². The number of nitrogen functional groups attached to an aromatic ring is 2. The number of aromatic nitrogens is 2. The van der Waals surface area contributed by atoms with Crippen LogP contribution in [-0.2, 0) is 10.8 Å². The molecule has 0 amide bonds. The third kappa shape index (κ3) is 4.01. The third-order valence-corrected chi connectivity index (χ3v) is 3.56. The van der Waals surface area contributed by atoms with E-state index in [-0.39, 0.29) is 11.2 Å². The summed E-state index contributed by atoms with van der Waals surface area (Å²) in [6, 6.07) is 1.62. The summed E-state index contributed by atoms with van der Waals surface area (Å²) in [5.41, 5.74) is 11.0. The van der Waals surface area contributed by atoms with Crippen molar-refractivity contribution in [3.8, 4) is 0 Å². The van der Waals surface area contributed by atoms with Crippen LogP contribution in [0.1, 0.15) is 13.3 Å². The third-order valence-electron chi connectivity index (χ3n) is 2.19. The Labute approximate surface area is 97.3 Å². The second-order valence-corrected chi connectivity index (χ2v) is 5.36. The van der Waals surface area contributed by atoms with Crippen LogP contribution >= 0.6 is 0 Å². The zero-order chi connectivity index (χ0) is 12.1. The molecule has 0 aromatic carbocycles. The van der Waals surface area contributed by atoms with Crippen molar-refractivity contribution in [1.29, 1.82) is 0 Å². The molecule has 0 aliphatic carbocycles. The normalized spacial score (nSPS) is 14.4. The van der Waals surface area contributed by atoms with Gasteiger partial charge in [0, 0.05) is 34.9 Å². The van der Waals surface area contributed by atoms with Crippen molar-refractivity contribution in [3.05, 3.63) is 6.07 Å². The fourth-order valence-corrected chi connectivity index (χ4v) is 1.60. The van der Waals surface area contributed by atoms with Gasteiger partial charge in [-0.05, 0) is 6.42 Å². The molecule has 0 saturated carbocycles. The molecule has 0 radical (unpaired) electrons. The van der Waals surface area contributed by atoms with Gasteiger partial charge >= 0.3 is 0 Å². The molecule has 2 unspecified atom stereocenters. The highest BCUT2D eigenvalue weighted by molar-refractivity contribution is 7.84. The smallest absolute Gasteiger partial charge is 0.223 e. The Morgan fingerprint density at radius 3 is 2.75 bits per heavy atom. The van der Waals surface area contributed by atoms with E-state index in [1.54, 1.807) is 12.3 Å². The minimum Gasteiger partial charge on any atom is -0.383 e. The average Bonchev–Trinajstić information content (AvgIpc) is 2.15. The second-order valence-electron chi connectivity index (χ2n) is 3.56. The van der Waals surface area contributed by atoms with Gasteiger partial charge in [-0.3, -0.25) is 4.21 Å². The highest BCUT2D eigenvalue weighted by atomic mass is 32.2. The first kappa shape index (κ1) is 12.7. The first-order valence-corrected chi connectivity index (χ1v) is 6.57. The van der Waals surface area contributed by atoms with Crippen LogP contribution in [0.15, 0.2) is 6.07 Å². The molecule has 0 fully saturated rings. The van der Waals surface area contributed by atoms with Crippen LogP contribution in [-0.4, -0.2) is 32.2 Å². The molecule has 0 aliphatic heterocycles. The van der Waals surface area contributed by atoms with Crippen molar-refractivity contribution >= 4 is 28.4 Å². The summed E-state index contributed by atoms with van der Waals surface area (Å²) in [7, 11) is -0.799. The minimum absolute atomic E-state index is 0.148. The Hall–Kier alpha value is -1.37. The van der Waals surface area contributed by atoms with Gasteiger partial charge in [0.05, 0.1) is 0 Å². The van der Waals surface area contributed by atoms with E-state index in [9.17, 15) is 4.21 Å². The number of nitrogens with one attached hydrogen (secondary N) is 1. The molecule has 1 aromatic heterocycles. The standard InChI is InChI=1S/C9H17N5OS/c1-6(16(2)15)3-4-12-8-5-7(10)13-9(11)14-8/h5-6H,3-4H2,1-2H3,(H5,10,11,12,13,14). The summed E-state index contributed by atoms with van der Waals surface area (Å²) in [5.74, 6) is 1.08. The largest absolute Gasteiger partial charge is 0.383 e. The molecule has 1 aromatic rings. The maximum absolute atomic E-state index is 11.1. The quantitative estimate of drug-likeness (QED) is 0.682. The zero-order valence-electron chi connectivity index (χ0n) is 9.43. The SMILES string of the molecule is CC(CCNc1cc(N)nc(N)n1)S(C)=O. The number of hydrogen-bond acceptors (Lipinski definition) is 6. The number of hydrogen-bond donors (Lipinski definition) is 3. The lowest BCUT2D eigenvalue weighted by Gasteiger charge is -2.10. The van der Waals surface area contributed by atoms with E-state index < -0.39 is 10.8 Å². The molecule has 16 heavy (non-hydrogen) atoms. The molecule has 0 aliphatic rings. The lowest BCUT2D eigenvalue weighted by molar-refractivity contribution is 0.672. The number of anilines is 3. The minimum atomic E-state index is -0.799. The van der Waals surface area contributed by atoms with Crippen molar-refractivity contribution in [2.45, 2.75) is 18.6 Å². The summed E-state index contributed by atoms with van der Waals surface area (Å²) in [4.78, 5) is 7.74. The molecule has 0 bridgehead atoms. The summed E-state index contributed by atoms with van der Waals surface area (Å²) >= 11 is 0. The molecule has 5 N–H and O–H groups in total. The lowest BCUT2D eigenvalue weighted by atomic mass is 10.3. The van der Waals surface area contributed by atoms with Crippen molar-refractivity contribution in [3.63, 3.8) is 0 Å². The van der Waals surface area contributed by atoms with Gasteiger partial charge in [0.15, 0.2) is 0 Å². The Morgan fingerprint density at radius 1 is 1.50 bits per heavy atom. The second kappa shape index (κ2) is 5.64. The Balaban J connectivity index is 2.46. The monoisotopic (exact) mass is 243 g/mol. The molecule has 1 heterocycles. The molecule has 6 nitrogen and oxygen atoms in total. The maximum Gasteiger partial charge on any atom is 0.223 e. The van der Waals surface area contributed by atoms with Crippen LogP contribution < -0.4 is 16.8 Å². The van der Waals surface area contributed by atoms with E-state index in [0.29, 0.717) is 18.2 Å². The Kier molecular flexibility index (Phi) is 4.48. The Morgan fingerprint density at radius 2 is 2.19 bits per heavy atom. The number of rotatable bonds is 5. The fraction of sp³-hybridized carbons (Fsp3) is 0.556. The van der Waals surface area contributed by atoms with E-state index in [4.69, 9.17) is 11.5 Å². The van der Waals surface area contributed by atoms with Gasteiger partial charge in [0.25, 0.3) is 0 Å². The highest BCUT2D eigenvalue weighted by Crippen LogP contribution is 2.09. The molecule has 2 atom stereocenters. The van der Waals surface area contributed by atoms with Crippen LogP contribution in [0.25, 0.3) is 0 Å². The van der Waals surface area contributed by atoms with E-state index in [1.807, 2.05) is 6.92 Å².